The summed E-state index contributed by atoms with van der Waals surface area (Å²) in [5, 5.41) is 3.40. The number of rotatable bonds is 10. The maximum absolute atomic E-state index is 5.54. The van der Waals surface area contributed by atoms with Crippen molar-refractivity contribution in [3.8, 4) is 0 Å². The van der Waals surface area contributed by atoms with Gasteiger partial charge in [0.2, 0.25) is 0 Å². The van der Waals surface area contributed by atoms with Gasteiger partial charge in [-0.3, -0.25) is 4.90 Å². The highest BCUT2D eigenvalue weighted by Gasteiger charge is 2.21. The van der Waals surface area contributed by atoms with Gasteiger partial charge in [-0.25, -0.2) is 0 Å². The Balaban J connectivity index is 2.09. The van der Waals surface area contributed by atoms with E-state index in [1.54, 1.807) is 7.11 Å². The second-order valence-electron chi connectivity index (χ2n) is 4.53. The van der Waals surface area contributed by atoms with E-state index in [4.69, 9.17) is 14.2 Å². The average molecular weight is 260 g/mol. The molecule has 5 nitrogen and oxygen atoms in total. The van der Waals surface area contributed by atoms with Gasteiger partial charge in [-0.05, 0) is 13.0 Å². The van der Waals surface area contributed by atoms with Gasteiger partial charge >= 0.3 is 0 Å². The van der Waals surface area contributed by atoms with Crippen molar-refractivity contribution in [2.75, 3.05) is 66.3 Å². The lowest BCUT2D eigenvalue weighted by atomic mass is 10.2. The molecule has 0 aromatic rings. The van der Waals surface area contributed by atoms with E-state index in [1.165, 1.54) is 0 Å². The summed E-state index contributed by atoms with van der Waals surface area (Å²) < 4.78 is 16.0. The van der Waals surface area contributed by atoms with Gasteiger partial charge in [0.05, 0.1) is 26.4 Å². The molecule has 0 saturated carbocycles. The number of likely N-dealkylation sites (N-methyl/N-ethyl adjacent to an activating group) is 1. The van der Waals surface area contributed by atoms with Gasteiger partial charge in [-0.2, -0.15) is 0 Å². The van der Waals surface area contributed by atoms with E-state index in [0.29, 0.717) is 19.3 Å². The van der Waals surface area contributed by atoms with Crippen LogP contribution in [-0.4, -0.2) is 77.3 Å². The highest BCUT2D eigenvalue weighted by atomic mass is 16.5. The van der Waals surface area contributed by atoms with Gasteiger partial charge in [0.15, 0.2) is 0 Å². The molecule has 5 heteroatoms. The third-order valence-corrected chi connectivity index (χ3v) is 3.15. The summed E-state index contributed by atoms with van der Waals surface area (Å²) >= 11 is 0. The first-order valence-electron chi connectivity index (χ1n) is 6.97. The fourth-order valence-corrected chi connectivity index (χ4v) is 2.10. The largest absolute Gasteiger partial charge is 0.382 e. The average Bonchev–Trinajstić information content (AvgIpc) is 2.41. The van der Waals surface area contributed by atoms with E-state index in [1.807, 2.05) is 0 Å². The Morgan fingerprint density at radius 3 is 3.00 bits per heavy atom. The van der Waals surface area contributed by atoms with Crippen molar-refractivity contribution in [1.29, 1.82) is 0 Å². The molecule has 1 atom stereocenters. The fourth-order valence-electron chi connectivity index (χ4n) is 2.10. The molecule has 0 bridgehead atoms. The summed E-state index contributed by atoms with van der Waals surface area (Å²) in [6.07, 6.45) is 1.08. The van der Waals surface area contributed by atoms with Crippen LogP contribution in [0.1, 0.15) is 13.3 Å². The lowest BCUT2D eigenvalue weighted by Crippen LogP contribution is -2.50. The van der Waals surface area contributed by atoms with Crippen LogP contribution in [0.2, 0.25) is 0 Å². The van der Waals surface area contributed by atoms with E-state index >= 15 is 0 Å². The Hall–Kier alpha value is -0.200. The smallest absolute Gasteiger partial charge is 0.0700 e. The van der Waals surface area contributed by atoms with E-state index in [2.05, 4.69) is 17.1 Å². The van der Waals surface area contributed by atoms with Gasteiger partial charge in [-0.15, -0.1) is 0 Å². The van der Waals surface area contributed by atoms with Crippen molar-refractivity contribution in [3.63, 3.8) is 0 Å². The first kappa shape index (κ1) is 15.9. The van der Waals surface area contributed by atoms with Crippen molar-refractivity contribution in [2.24, 2.45) is 0 Å². The van der Waals surface area contributed by atoms with Crippen LogP contribution >= 0.6 is 0 Å². The predicted molar refractivity (Wildman–Crippen MR) is 72.0 cm³/mol. The number of hydrogen-bond acceptors (Lipinski definition) is 5. The van der Waals surface area contributed by atoms with Crippen LogP contribution in [0.25, 0.3) is 0 Å². The third-order valence-electron chi connectivity index (χ3n) is 3.15. The minimum absolute atomic E-state index is 0.512. The molecular weight excluding hydrogens is 232 g/mol. The zero-order valence-corrected chi connectivity index (χ0v) is 11.8. The highest BCUT2D eigenvalue weighted by molar-refractivity contribution is 4.77. The molecule has 18 heavy (non-hydrogen) atoms. The number of hydrogen-bond donors (Lipinski definition) is 1. The molecule has 1 aliphatic heterocycles. The predicted octanol–water partition coefficient (Wildman–Crippen LogP) is 0.350. The standard InChI is InChI=1S/C13H28N2O3/c1-3-14-11-13-12-18-8-6-15(13)5-4-7-17-10-9-16-2/h13-14H,3-12H2,1-2H3. The lowest BCUT2D eigenvalue weighted by Gasteiger charge is -2.35. The molecule has 0 aliphatic carbocycles. The van der Waals surface area contributed by atoms with Crippen LogP contribution in [0.5, 0.6) is 0 Å². The fraction of sp³-hybridized carbons (Fsp3) is 1.00. The highest BCUT2D eigenvalue weighted by Crippen LogP contribution is 2.07. The summed E-state index contributed by atoms with van der Waals surface area (Å²) in [6.45, 7) is 10.2. The van der Waals surface area contributed by atoms with Gasteiger partial charge in [-0.1, -0.05) is 6.92 Å². The third kappa shape index (κ3) is 6.66. The number of nitrogens with one attached hydrogen (secondary N) is 1. The number of nitrogens with zero attached hydrogens (tertiary/aromatic N) is 1. The Bertz CT molecular complexity index is 193. The zero-order chi connectivity index (χ0) is 13.1. The maximum Gasteiger partial charge on any atom is 0.0700 e. The van der Waals surface area contributed by atoms with E-state index in [9.17, 15) is 0 Å². The molecule has 1 unspecified atom stereocenters. The van der Waals surface area contributed by atoms with Crippen molar-refractivity contribution >= 4 is 0 Å². The van der Waals surface area contributed by atoms with Gasteiger partial charge in [0.25, 0.3) is 0 Å². The summed E-state index contributed by atoms with van der Waals surface area (Å²) in [4.78, 5) is 2.51. The second kappa shape index (κ2) is 10.7. The number of morpholine rings is 1. The monoisotopic (exact) mass is 260 g/mol. The molecule has 1 N–H and O–H groups in total. The number of methoxy groups -OCH3 is 1. The van der Waals surface area contributed by atoms with E-state index < -0.39 is 0 Å². The summed E-state index contributed by atoms with van der Waals surface area (Å²) in [7, 11) is 1.70. The quantitative estimate of drug-likeness (QED) is 0.574. The molecule has 1 aliphatic rings. The van der Waals surface area contributed by atoms with Crippen LogP contribution in [0.15, 0.2) is 0 Å². The minimum atomic E-state index is 0.512. The molecule has 0 spiro atoms. The Kier molecular flexibility index (Phi) is 9.42. The van der Waals surface area contributed by atoms with E-state index in [-0.39, 0.29) is 0 Å². The molecule has 1 rings (SSSR count). The van der Waals surface area contributed by atoms with Gasteiger partial charge in [0.1, 0.15) is 0 Å². The summed E-state index contributed by atoms with van der Waals surface area (Å²) in [5.41, 5.74) is 0. The molecule has 0 aromatic heterocycles. The van der Waals surface area contributed by atoms with Crippen LogP contribution in [0.4, 0.5) is 0 Å². The first-order chi connectivity index (χ1) is 8.88. The number of ether oxygens (including phenoxy) is 3. The van der Waals surface area contributed by atoms with Gasteiger partial charge < -0.3 is 19.5 Å². The molecule has 1 saturated heterocycles. The molecule has 0 radical (unpaired) electrons. The second-order valence-corrected chi connectivity index (χ2v) is 4.53. The summed E-state index contributed by atoms with van der Waals surface area (Å²) in [5.74, 6) is 0. The summed E-state index contributed by atoms with van der Waals surface area (Å²) in [6, 6.07) is 0.512. The van der Waals surface area contributed by atoms with Crippen LogP contribution in [0, 0.1) is 0 Å². The molecule has 1 fully saturated rings. The van der Waals surface area contributed by atoms with Crippen molar-refractivity contribution in [3.05, 3.63) is 0 Å². The normalized spacial score (nSPS) is 21.3. The maximum atomic E-state index is 5.54. The van der Waals surface area contributed by atoms with E-state index in [0.717, 1.165) is 52.4 Å². The van der Waals surface area contributed by atoms with Crippen LogP contribution in [-0.2, 0) is 14.2 Å². The Labute approximate surface area is 111 Å². The van der Waals surface area contributed by atoms with Crippen LogP contribution in [0.3, 0.4) is 0 Å². The molecular formula is C13H28N2O3. The Morgan fingerprint density at radius 2 is 2.22 bits per heavy atom. The van der Waals surface area contributed by atoms with Gasteiger partial charge in [0, 0.05) is 39.4 Å². The van der Waals surface area contributed by atoms with Crippen molar-refractivity contribution in [1.82, 2.24) is 10.2 Å². The van der Waals surface area contributed by atoms with Crippen molar-refractivity contribution < 1.29 is 14.2 Å². The minimum Gasteiger partial charge on any atom is -0.382 e. The van der Waals surface area contributed by atoms with Crippen molar-refractivity contribution in [2.45, 2.75) is 19.4 Å². The van der Waals surface area contributed by atoms with Crippen LogP contribution < -0.4 is 5.32 Å². The lowest BCUT2D eigenvalue weighted by molar-refractivity contribution is -0.0118. The molecule has 0 aromatic carbocycles. The topological polar surface area (TPSA) is 43.0 Å². The Morgan fingerprint density at radius 1 is 1.33 bits per heavy atom. The molecule has 0 amide bonds. The molecule has 1 heterocycles. The first-order valence-corrected chi connectivity index (χ1v) is 6.97. The zero-order valence-electron chi connectivity index (χ0n) is 11.8. The SMILES string of the molecule is CCNCC1COCCN1CCCOCCOC. The molecule has 108 valence electrons.